The van der Waals surface area contributed by atoms with Gasteiger partial charge in [0.1, 0.15) is 0 Å². The Kier molecular flexibility index (Phi) is 10.4. The third-order valence-electron chi connectivity index (χ3n) is 4.04. The molecule has 0 saturated carbocycles. The van der Waals surface area contributed by atoms with Crippen molar-refractivity contribution >= 4 is 30.7 Å². The van der Waals surface area contributed by atoms with Crippen molar-refractivity contribution in [3.8, 4) is 0 Å². The number of amides is 1. The molecule has 1 aliphatic heterocycles. The van der Waals surface area contributed by atoms with E-state index in [1.807, 2.05) is 30.3 Å². The Morgan fingerprint density at radius 3 is 2.45 bits per heavy atom. The number of halogens is 2. The number of hydrogen-bond donors (Lipinski definition) is 2. The predicted molar refractivity (Wildman–Crippen MR) is 95.8 cm³/mol. The molecule has 0 radical (unpaired) electrons. The highest BCUT2D eigenvalue weighted by atomic mass is 35.5. The van der Waals surface area contributed by atoms with Crippen molar-refractivity contribution in [3.05, 3.63) is 35.9 Å². The average Bonchev–Trinajstić information content (AvgIpc) is 2.47. The Balaban J connectivity index is 0.00000220. The van der Waals surface area contributed by atoms with Crippen LogP contribution in [0.2, 0.25) is 0 Å². The number of nitrogens with two attached hydrogens (primary N) is 1. The van der Waals surface area contributed by atoms with E-state index in [1.165, 1.54) is 0 Å². The summed E-state index contributed by atoms with van der Waals surface area (Å²) < 4.78 is 0. The molecule has 0 unspecified atom stereocenters. The summed E-state index contributed by atoms with van der Waals surface area (Å²) in [5.74, 6) is 0.562. The minimum Gasteiger partial charge on any atom is -0.354 e. The molecule has 0 aromatic heterocycles. The number of carbonyl (C=O) groups excluding carboxylic acids is 1. The van der Waals surface area contributed by atoms with Crippen LogP contribution in [-0.2, 0) is 11.2 Å². The van der Waals surface area contributed by atoms with Crippen molar-refractivity contribution < 1.29 is 4.79 Å². The van der Waals surface area contributed by atoms with Gasteiger partial charge in [0.05, 0.1) is 6.04 Å². The second-order valence-corrected chi connectivity index (χ2v) is 5.79. The van der Waals surface area contributed by atoms with Crippen LogP contribution in [0.3, 0.4) is 0 Å². The standard InChI is InChI=1S/C16H25N3O.2ClH/c1-19-9-7-14(8-10-19)12-18-16(20)15(17)11-13-5-3-2-4-6-13;;/h2-6,14-15H,7-12,17H2,1H3,(H,18,20);2*1H/t15-;;/m0../s1. The smallest absolute Gasteiger partial charge is 0.237 e. The number of hydrogen-bond acceptors (Lipinski definition) is 3. The van der Waals surface area contributed by atoms with Gasteiger partial charge in [0.25, 0.3) is 0 Å². The van der Waals surface area contributed by atoms with E-state index in [1.54, 1.807) is 0 Å². The fraction of sp³-hybridized carbons (Fsp3) is 0.562. The van der Waals surface area contributed by atoms with Crippen LogP contribution in [0.4, 0.5) is 0 Å². The van der Waals surface area contributed by atoms with Crippen LogP contribution in [0.15, 0.2) is 30.3 Å². The molecule has 0 aliphatic carbocycles. The first-order chi connectivity index (χ1) is 9.65. The van der Waals surface area contributed by atoms with E-state index in [2.05, 4.69) is 17.3 Å². The van der Waals surface area contributed by atoms with E-state index in [9.17, 15) is 4.79 Å². The Hall–Kier alpha value is -0.810. The van der Waals surface area contributed by atoms with Crippen LogP contribution in [0, 0.1) is 5.92 Å². The molecule has 6 heteroatoms. The van der Waals surface area contributed by atoms with Crippen LogP contribution in [0.25, 0.3) is 0 Å². The van der Waals surface area contributed by atoms with E-state index in [4.69, 9.17) is 5.73 Å². The van der Waals surface area contributed by atoms with Gasteiger partial charge in [-0.3, -0.25) is 4.79 Å². The quantitative estimate of drug-likeness (QED) is 0.854. The fourth-order valence-corrected chi connectivity index (χ4v) is 2.60. The zero-order valence-electron chi connectivity index (χ0n) is 13.0. The summed E-state index contributed by atoms with van der Waals surface area (Å²) in [7, 11) is 2.14. The van der Waals surface area contributed by atoms with Crippen molar-refractivity contribution in [3.63, 3.8) is 0 Å². The van der Waals surface area contributed by atoms with E-state index in [0.717, 1.165) is 38.0 Å². The first-order valence-corrected chi connectivity index (χ1v) is 7.41. The number of piperidine rings is 1. The first kappa shape index (κ1) is 21.2. The maximum Gasteiger partial charge on any atom is 0.237 e. The second-order valence-electron chi connectivity index (χ2n) is 5.79. The normalized spacial score (nSPS) is 17.0. The maximum absolute atomic E-state index is 12.0. The first-order valence-electron chi connectivity index (χ1n) is 7.41. The minimum atomic E-state index is -0.455. The summed E-state index contributed by atoms with van der Waals surface area (Å²) in [4.78, 5) is 14.3. The molecule has 1 fully saturated rings. The van der Waals surface area contributed by atoms with Crippen molar-refractivity contribution in [2.45, 2.75) is 25.3 Å². The molecule has 1 aromatic rings. The van der Waals surface area contributed by atoms with E-state index < -0.39 is 6.04 Å². The molecule has 1 saturated heterocycles. The average molecular weight is 348 g/mol. The van der Waals surface area contributed by atoms with E-state index >= 15 is 0 Å². The Bertz CT molecular complexity index is 423. The van der Waals surface area contributed by atoms with Gasteiger partial charge in [0.2, 0.25) is 5.91 Å². The summed E-state index contributed by atoms with van der Waals surface area (Å²) in [5, 5.41) is 3.00. The van der Waals surface area contributed by atoms with Crippen molar-refractivity contribution in [2.24, 2.45) is 11.7 Å². The monoisotopic (exact) mass is 347 g/mol. The van der Waals surface area contributed by atoms with Crippen LogP contribution in [-0.4, -0.2) is 43.5 Å². The lowest BCUT2D eigenvalue weighted by Crippen LogP contribution is -2.45. The van der Waals surface area contributed by atoms with Gasteiger partial charge in [-0.25, -0.2) is 0 Å². The van der Waals surface area contributed by atoms with E-state index in [-0.39, 0.29) is 30.7 Å². The summed E-state index contributed by atoms with van der Waals surface area (Å²) in [6.07, 6.45) is 2.91. The van der Waals surface area contributed by atoms with Gasteiger partial charge in [-0.15, -0.1) is 24.8 Å². The van der Waals surface area contributed by atoms with Gasteiger partial charge in [-0.1, -0.05) is 30.3 Å². The molecule has 4 nitrogen and oxygen atoms in total. The lowest BCUT2D eigenvalue weighted by Gasteiger charge is -2.29. The summed E-state index contributed by atoms with van der Waals surface area (Å²) >= 11 is 0. The minimum absolute atomic E-state index is 0. The van der Waals surface area contributed by atoms with Gasteiger partial charge < -0.3 is 16.0 Å². The Labute approximate surface area is 145 Å². The van der Waals surface area contributed by atoms with Gasteiger partial charge >= 0.3 is 0 Å². The zero-order valence-corrected chi connectivity index (χ0v) is 14.7. The van der Waals surface area contributed by atoms with Gasteiger partial charge in [0.15, 0.2) is 0 Å². The van der Waals surface area contributed by atoms with Crippen molar-refractivity contribution in [2.75, 3.05) is 26.7 Å². The molecule has 22 heavy (non-hydrogen) atoms. The zero-order chi connectivity index (χ0) is 14.4. The molecular weight excluding hydrogens is 321 g/mol. The maximum atomic E-state index is 12.0. The summed E-state index contributed by atoms with van der Waals surface area (Å²) in [5.41, 5.74) is 7.07. The van der Waals surface area contributed by atoms with Crippen molar-refractivity contribution in [1.29, 1.82) is 0 Å². The van der Waals surface area contributed by atoms with Crippen LogP contribution < -0.4 is 11.1 Å². The molecule has 1 heterocycles. The second kappa shape index (κ2) is 10.8. The third kappa shape index (κ3) is 6.97. The highest BCUT2D eigenvalue weighted by molar-refractivity contribution is 5.85. The van der Waals surface area contributed by atoms with Gasteiger partial charge in [-0.2, -0.15) is 0 Å². The molecule has 1 aliphatic rings. The number of rotatable bonds is 5. The van der Waals surface area contributed by atoms with Crippen LogP contribution in [0.1, 0.15) is 18.4 Å². The molecule has 1 atom stereocenters. The molecule has 126 valence electrons. The lowest BCUT2D eigenvalue weighted by molar-refractivity contribution is -0.122. The topological polar surface area (TPSA) is 58.4 Å². The van der Waals surface area contributed by atoms with Crippen LogP contribution in [0.5, 0.6) is 0 Å². The highest BCUT2D eigenvalue weighted by Gasteiger charge is 2.19. The molecular formula is C16H27Cl2N3O. The van der Waals surface area contributed by atoms with Crippen molar-refractivity contribution in [1.82, 2.24) is 10.2 Å². The Morgan fingerprint density at radius 1 is 1.27 bits per heavy atom. The molecule has 0 bridgehead atoms. The number of benzene rings is 1. The predicted octanol–water partition coefficient (Wildman–Crippen LogP) is 1.86. The molecule has 1 aromatic carbocycles. The van der Waals surface area contributed by atoms with Gasteiger partial charge in [-0.05, 0) is 50.9 Å². The number of carbonyl (C=O) groups is 1. The lowest BCUT2D eigenvalue weighted by atomic mass is 9.97. The van der Waals surface area contributed by atoms with Crippen LogP contribution >= 0.6 is 24.8 Å². The SMILES string of the molecule is CN1CCC(CNC(=O)[C@@H](N)Cc2ccccc2)CC1.Cl.Cl. The number of likely N-dealkylation sites (tertiary alicyclic amines) is 1. The highest BCUT2D eigenvalue weighted by Crippen LogP contribution is 2.14. The fourth-order valence-electron chi connectivity index (χ4n) is 2.60. The number of nitrogens with one attached hydrogen (secondary N) is 1. The summed E-state index contributed by atoms with van der Waals surface area (Å²) in [6, 6.07) is 9.46. The molecule has 0 spiro atoms. The summed E-state index contributed by atoms with van der Waals surface area (Å²) in [6.45, 7) is 3.00. The largest absolute Gasteiger partial charge is 0.354 e. The Morgan fingerprint density at radius 2 is 1.86 bits per heavy atom. The number of nitrogens with zero attached hydrogens (tertiary/aromatic N) is 1. The third-order valence-corrected chi connectivity index (χ3v) is 4.04. The molecule has 2 rings (SSSR count). The van der Waals surface area contributed by atoms with E-state index in [0.29, 0.717) is 12.3 Å². The molecule has 3 N–H and O–H groups in total. The van der Waals surface area contributed by atoms with Gasteiger partial charge in [0, 0.05) is 6.54 Å². The molecule has 1 amide bonds.